The first kappa shape index (κ1) is 16.7. The molecule has 0 radical (unpaired) electrons. The summed E-state index contributed by atoms with van der Waals surface area (Å²) in [5, 5.41) is 13.2. The summed E-state index contributed by atoms with van der Waals surface area (Å²) in [5.41, 5.74) is 1.73. The van der Waals surface area contributed by atoms with Crippen LogP contribution in [-0.2, 0) is 4.79 Å². The maximum Gasteiger partial charge on any atom is 0.223 e. The Morgan fingerprint density at radius 3 is 2.71 bits per heavy atom. The molecular formula is C20H22FNO2. The third-order valence-corrected chi connectivity index (χ3v) is 4.55. The fourth-order valence-electron chi connectivity index (χ4n) is 3.15. The van der Waals surface area contributed by atoms with Gasteiger partial charge < -0.3 is 10.4 Å². The van der Waals surface area contributed by atoms with Crippen LogP contribution in [-0.4, -0.2) is 17.1 Å². The molecule has 2 N–H and O–H groups in total. The molecule has 1 saturated carbocycles. The van der Waals surface area contributed by atoms with E-state index >= 15 is 0 Å². The number of hydrogen-bond donors (Lipinski definition) is 2. The predicted molar refractivity (Wildman–Crippen MR) is 90.9 cm³/mol. The third-order valence-electron chi connectivity index (χ3n) is 4.55. The number of rotatable bonds is 6. The molecule has 0 aliphatic heterocycles. The van der Waals surface area contributed by atoms with Gasteiger partial charge in [-0.25, -0.2) is 4.39 Å². The minimum atomic E-state index is -0.597. The smallest absolute Gasteiger partial charge is 0.223 e. The van der Waals surface area contributed by atoms with Crippen molar-refractivity contribution in [2.24, 2.45) is 5.92 Å². The fourth-order valence-corrected chi connectivity index (χ4v) is 3.15. The first-order valence-corrected chi connectivity index (χ1v) is 8.33. The lowest BCUT2D eigenvalue weighted by Gasteiger charge is -2.18. The molecular weight excluding hydrogens is 305 g/mol. The van der Waals surface area contributed by atoms with Gasteiger partial charge >= 0.3 is 0 Å². The Morgan fingerprint density at radius 1 is 1.25 bits per heavy atom. The standard InChI is InChI=1S/C20H22FNO2/c1-13(10-19(23)14-6-3-2-4-7-14)22-20(24)18-12-17(18)15-8-5-9-16(21)11-15/h2-9,11,13,17-19,23H,10,12H2,1H3,(H,22,24). The SMILES string of the molecule is CC(CC(O)c1ccccc1)NC(=O)C1CC1c1cccc(F)c1. The van der Waals surface area contributed by atoms with E-state index < -0.39 is 6.10 Å². The lowest BCUT2D eigenvalue weighted by atomic mass is 10.0. The highest BCUT2D eigenvalue weighted by molar-refractivity contribution is 5.83. The molecule has 1 aliphatic carbocycles. The van der Waals surface area contributed by atoms with Gasteiger partial charge in [0.2, 0.25) is 5.91 Å². The van der Waals surface area contributed by atoms with Crippen LogP contribution in [0.15, 0.2) is 54.6 Å². The number of aliphatic hydroxyl groups excluding tert-OH is 1. The van der Waals surface area contributed by atoms with Crippen LogP contribution in [0.4, 0.5) is 4.39 Å². The van der Waals surface area contributed by atoms with Crippen molar-refractivity contribution < 1.29 is 14.3 Å². The quantitative estimate of drug-likeness (QED) is 0.852. The fraction of sp³-hybridized carbons (Fsp3) is 0.350. The van der Waals surface area contributed by atoms with E-state index in [9.17, 15) is 14.3 Å². The van der Waals surface area contributed by atoms with Gasteiger partial charge in [-0.1, -0.05) is 42.5 Å². The molecule has 0 saturated heterocycles. The zero-order valence-electron chi connectivity index (χ0n) is 13.7. The summed E-state index contributed by atoms with van der Waals surface area (Å²) < 4.78 is 13.3. The second-order valence-corrected chi connectivity index (χ2v) is 6.58. The summed E-state index contributed by atoms with van der Waals surface area (Å²) in [7, 11) is 0. The third kappa shape index (κ3) is 4.01. The maximum absolute atomic E-state index is 13.3. The number of aliphatic hydroxyl groups is 1. The van der Waals surface area contributed by atoms with Crippen molar-refractivity contribution in [2.45, 2.75) is 37.8 Å². The van der Waals surface area contributed by atoms with Crippen molar-refractivity contribution in [2.75, 3.05) is 0 Å². The molecule has 4 unspecified atom stereocenters. The molecule has 3 nitrogen and oxygen atoms in total. The van der Waals surface area contributed by atoms with Crippen LogP contribution in [0.25, 0.3) is 0 Å². The van der Waals surface area contributed by atoms with Gasteiger partial charge in [-0.3, -0.25) is 4.79 Å². The molecule has 0 aromatic heterocycles. The van der Waals surface area contributed by atoms with Crippen LogP contribution in [0.3, 0.4) is 0 Å². The van der Waals surface area contributed by atoms with E-state index in [-0.39, 0.29) is 29.6 Å². The number of benzene rings is 2. The van der Waals surface area contributed by atoms with Crippen LogP contribution < -0.4 is 5.32 Å². The van der Waals surface area contributed by atoms with Crippen LogP contribution in [0, 0.1) is 11.7 Å². The Bertz CT molecular complexity index is 704. The summed E-state index contributed by atoms with van der Waals surface area (Å²) in [4.78, 5) is 12.3. The highest BCUT2D eigenvalue weighted by atomic mass is 19.1. The number of hydrogen-bond acceptors (Lipinski definition) is 2. The van der Waals surface area contributed by atoms with Crippen LogP contribution in [0.5, 0.6) is 0 Å². The molecule has 24 heavy (non-hydrogen) atoms. The topological polar surface area (TPSA) is 49.3 Å². The summed E-state index contributed by atoms with van der Waals surface area (Å²) in [6.45, 7) is 1.89. The Balaban J connectivity index is 1.50. The monoisotopic (exact) mass is 327 g/mol. The van der Waals surface area contributed by atoms with E-state index in [2.05, 4.69) is 5.32 Å². The number of nitrogens with one attached hydrogen (secondary N) is 1. The van der Waals surface area contributed by atoms with E-state index in [4.69, 9.17) is 0 Å². The molecule has 2 aromatic rings. The molecule has 0 heterocycles. The predicted octanol–water partition coefficient (Wildman–Crippen LogP) is 3.56. The Kier molecular flexibility index (Phi) is 4.95. The minimum absolute atomic E-state index is 0.0166. The minimum Gasteiger partial charge on any atom is -0.388 e. The van der Waals surface area contributed by atoms with Crippen molar-refractivity contribution in [3.8, 4) is 0 Å². The lowest BCUT2D eigenvalue weighted by molar-refractivity contribution is -0.123. The molecule has 126 valence electrons. The van der Waals surface area contributed by atoms with Gasteiger partial charge in [0.15, 0.2) is 0 Å². The van der Waals surface area contributed by atoms with Crippen LogP contribution >= 0.6 is 0 Å². The summed E-state index contributed by atoms with van der Waals surface area (Å²) in [5.74, 6) is -0.273. The average Bonchev–Trinajstić information content (AvgIpc) is 3.36. The van der Waals surface area contributed by atoms with Gasteiger partial charge in [0.05, 0.1) is 6.10 Å². The summed E-state index contributed by atoms with van der Waals surface area (Å²) >= 11 is 0. The Labute approximate surface area is 141 Å². The molecule has 1 amide bonds. The van der Waals surface area contributed by atoms with Crippen molar-refractivity contribution >= 4 is 5.91 Å². The first-order chi connectivity index (χ1) is 11.5. The normalized spacial score (nSPS) is 21.8. The van der Waals surface area contributed by atoms with Crippen molar-refractivity contribution in [3.05, 3.63) is 71.5 Å². The zero-order valence-corrected chi connectivity index (χ0v) is 13.7. The average molecular weight is 327 g/mol. The molecule has 0 spiro atoms. The number of carbonyl (C=O) groups excluding carboxylic acids is 1. The zero-order chi connectivity index (χ0) is 17.1. The van der Waals surface area contributed by atoms with Gasteiger partial charge in [0.25, 0.3) is 0 Å². The van der Waals surface area contributed by atoms with Gasteiger partial charge in [0.1, 0.15) is 5.82 Å². The van der Waals surface area contributed by atoms with E-state index in [0.717, 1.165) is 17.5 Å². The molecule has 3 rings (SSSR count). The second-order valence-electron chi connectivity index (χ2n) is 6.58. The number of carbonyl (C=O) groups is 1. The van der Waals surface area contributed by atoms with E-state index in [0.29, 0.717) is 6.42 Å². The summed E-state index contributed by atoms with van der Waals surface area (Å²) in [6, 6.07) is 15.8. The molecule has 2 aromatic carbocycles. The molecule has 1 aliphatic rings. The van der Waals surface area contributed by atoms with E-state index in [1.807, 2.05) is 43.3 Å². The molecule has 4 atom stereocenters. The Morgan fingerprint density at radius 2 is 2.00 bits per heavy atom. The molecule has 4 heteroatoms. The number of halogens is 1. The summed E-state index contributed by atoms with van der Waals surface area (Å²) in [6.07, 6.45) is 0.621. The van der Waals surface area contributed by atoms with E-state index in [1.165, 1.54) is 12.1 Å². The van der Waals surface area contributed by atoms with Gasteiger partial charge in [0, 0.05) is 12.0 Å². The maximum atomic E-state index is 13.3. The molecule has 0 bridgehead atoms. The van der Waals surface area contributed by atoms with Gasteiger partial charge in [-0.15, -0.1) is 0 Å². The van der Waals surface area contributed by atoms with Crippen LogP contribution in [0.2, 0.25) is 0 Å². The molecule has 1 fully saturated rings. The first-order valence-electron chi connectivity index (χ1n) is 8.33. The highest BCUT2D eigenvalue weighted by Crippen LogP contribution is 2.47. The lowest BCUT2D eigenvalue weighted by Crippen LogP contribution is -2.35. The van der Waals surface area contributed by atoms with Crippen molar-refractivity contribution in [1.29, 1.82) is 0 Å². The van der Waals surface area contributed by atoms with Crippen LogP contribution in [0.1, 0.15) is 42.9 Å². The van der Waals surface area contributed by atoms with Crippen molar-refractivity contribution in [3.63, 3.8) is 0 Å². The number of amides is 1. The second kappa shape index (κ2) is 7.14. The van der Waals surface area contributed by atoms with Gasteiger partial charge in [-0.2, -0.15) is 0 Å². The largest absolute Gasteiger partial charge is 0.388 e. The van der Waals surface area contributed by atoms with Gasteiger partial charge in [-0.05, 0) is 48.9 Å². The van der Waals surface area contributed by atoms with Crippen molar-refractivity contribution in [1.82, 2.24) is 5.32 Å². The van der Waals surface area contributed by atoms with E-state index in [1.54, 1.807) is 6.07 Å². The highest BCUT2D eigenvalue weighted by Gasteiger charge is 2.44. The Hall–Kier alpha value is -2.20.